The minimum atomic E-state index is -4.19. The lowest BCUT2D eigenvalue weighted by atomic mass is 10.0. The van der Waals surface area contributed by atoms with Crippen LogP contribution in [-0.4, -0.2) is 34.6 Å². The van der Waals surface area contributed by atoms with Crippen molar-refractivity contribution in [3.8, 4) is 0 Å². The molecule has 0 spiro atoms. The quantitative estimate of drug-likeness (QED) is 0.773. The van der Waals surface area contributed by atoms with Gasteiger partial charge in [0.25, 0.3) is 0 Å². The molecule has 0 saturated heterocycles. The van der Waals surface area contributed by atoms with Gasteiger partial charge in [0.1, 0.15) is 13.2 Å². The monoisotopic (exact) mass is 285 g/mol. The van der Waals surface area contributed by atoms with Crippen LogP contribution in [0.3, 0.4) is 0 Å². The molecule has 0 amide bonds. The number of aromatic nitrogens is 2. The number of halogens is 4. The number of nitrogens with two attached hydrogens (primary N) is 1. The predicted octanol–water partition coefficient (Wildman–Crippen LogP) is 1.77. The van der Waals surface area contributed by atoms with Gasteiger partial charge in [-0.3, -0.25) is 0 Å². The molecule has 1 aromatic heterocycles. The van der Waals surface area contributed by atoms with E-state index < -0.39 is 31.1 Å². The minimum absolute atomic E-state index is 0.00400. The number of hydrogen-bond donors (Lipinski definition) is 1. The maximum atomic E-state index is 12.5. The zero-order valence-corrected chi connectivity index (χ0v) is 10.5. The van der Waals surface area contributed by atoms with E-state index in [2.05, 4.69) is 14.9 Å². The van der Waals surface area contributed by atoms with E-state index in [0.29, 0.717) is 6.42 Å². The number of ether oxygens (including phenoxy) is 1. The SMILES string of the molecule is CC(C)(N)Cc1nc(COCC(F)(F)C(F)F)no1. The van der Waals surface area contributed by atoms with Gasteiger partial charge in [0.05, 0.1) is 0 Å². The summed E-state index contributed by atoms with van der Waals surface area (Å²) in [6.07, 6.45) is -3.47. The number of nitrogens with zero attached hydrogens (tertiary/aromatic N) is 2. The average molecular weight is 285 g/mol. The van der Waals surface area contributed by atoms with Crippen molar-refractivity contribution in [3.05, 3.63) is 11.7 Å². The van der Waals surface area contributed by atoms with Gasteiger partial charge in [-0.2, -0.15) is 13.8 Å². The molecule has 0 aliphatic rings. The van der Waals surface area contributed by atoms with Crippen LogP contribution < -0.4 is 5.73 Å². The minimum Gasteiger partial charge on any atom is -0.367 e. The molecule has 0 aromatic carbocycles. The van der Waals surface area contributed by atoms with Gasteiger partial charge in [0.15, 0.2) is 5.82 Å². The third-order valence-corrected chi connectivity index (χ3v) is 1.96. The lowest BCUT2D eigenvalue weighted by Crippen LogP contribution is -2.34. The highest BCUT2D eigenvalue weighted by molar-refractivity contribution is 4.91. The Bertz CT molecular complexity index is 404. The van der Waals surface area contributed by atoms with Gasteiger partial charge in [-0.1, -0.05) is 5.16 Å². The molecule has 0 fully saturated rings. The molecule has 0 aliphatic carbocycles. The van der Waals surface area contributed by atoms with E-state index in [4.69, 9.17) is 10.3 Å². The Hall–Kier alpha value is -1.22. The molecule has 0 unspecified atom stereocenters. The molecule has 110 valence electrons. The Morgan fingerprint density at radius 2 is 2.00 bits per heavy atom. The third-order valence-electron chi connectivity index (χ3n) is 1.96. The van der Waals surface area contributed by atoms with Crippen LogP contribution in [0.15, 0.2) is 4.52 Å². The molecule has 5 nitrogen and oxygen atoms in total. The fourth-order valence-electron chi connectivity index (χ4n) is 1.15. The first-order chi connectivity index (χ1) is 8.60. The van der Waals surface area contributed by atoms with Crippen molar-refractivity contribution >= 4 is 0 Å². The maximum absolute atomic E-state index is 12.5. The van der Waals surface area contributed by atoms with E-state index in [1.165, 1.54) is 0 Å². The van der Waals surface area contributed by atoms with Crippen LogP contribution in [0.2, 0.25) is 0 Å². The predicted molar refractivity (Wildman–Crippen MR) is 56.9 cm³/mol. The normalized spacial score (nSPS) is 13.3. The number of hydrogen-bond acceptors (Lipinski definition) is 5. The molecule has 19 heavy (non-hydrogen) atoms. The molecule has 1 rings (SSSR count). The standard InChI is InChI=1S/C10H15F4N3O2/c1-9(2,15)3-7-16-6(17-19-7)4-18-5-10(13,14)8(11)12/h8H,3-5,15H2,1-2H3. The topological polar surface area (TPSA) is 74.2 Å². The summed E-state index contributed by atoms with van der Waals surface area (Å²) in [6, 6.07) is 0. The third kappa shape index (κ3) is 5.52. The summed E-state index contributed by atoms with van der Waals surface area (Å²) in [5.41, 5.74) is 5.16. The van der Waals surface area contributed by atoms with Crippen LogP contribution in [-0.2, 0) is 17.8 Å². The van der Waals surface area contributed by atoms with Crippen LogP contribution in [0.4, 0.5) is 17.6 Å². The second kappa shape index (κ2) is 5.83. The summed E-state index contributed by atoms with van der Waals surface area (Å²) in [5, 5.41) is 3.47. The zero-order chi connectivity index (χ0) is 14.7. The molecule has 1 aromatic rings. The molecule has 0 saturated carbocycles. The molecule has 2 N–H and O–H groups in total. The van der Waals surface area contributed by atoms with Crippen molar-refractivity contribution < 1.29 is 26.8 Å². The van der Waals surface area contributed by atoms with Gasteiger partial charge in [0, 0.05) is 12.0 Å². The van der Waals surface area contributed by atoms with E-state index >= 15 is 0 Å². The lowest BCUT2D eigenvalue weighted by Gasteiger charge is -2.14. The second-order valence-corrected chi connectivity index (χ2v) is 4.82. The van der Waals surface area contributed by atoms with Crippen LogP contribution >= 0.6 is 0 Å². The maximum Gasteiger partial charge on any atom is 0.330 e. The molecule has 9 heteroatoms. The fraction of sp³-hybridized carbons (Fsp3) is 0.800. The Morgan fingerprint density at radius 1 is 1.37 bits per heavy atom. The first kappa shape index (κ1) is 15.8. The Morgan fingerprint density at radius 3 is 2.53 bits per heavy atom. The zero-order valence-electron chi connectivity index (χ0n) is 10.5. The van der Waals surface area contributed by atoms with E-state index in [0.717, 1.165) is 0 Å². The molecule has 0 aliphatic heterocycles. The molecule has 0 atom stereocenters. The van der Waals surface area contributed by atoms with Gasteiger partial charge in [-0.15, -0.1) is 0 Å². The molecule has 1 heterocycles. The van der Waals surface area contributed by atoms with Crippen molar-refractivity contribution in [3.63, 3.8) is 0 Å². The van der Waals surface area contributed by atoms with Crippen LogP contribution in [0.1, 0.15) is 25.6 Å². The molecular formula is C10H15F4N3O2. The summed E-state index contributed by atoms with van der Waals surface area (Å²) in [7, 11) is 0. The Labute approximate surface area is 107 Å². The highest BCUT2D eigenvalue weighted by atomic mass is 19.3. The van der Waals surface area contributed by atoms with Crippen molar-refractivity contribution in [2.45, 2.75) is 44.8 Å². The largest absolute Gasteiger partial charge is 0.367 e. The molecule has 0 bridgehead atoms. The van der Waals surface area contributed by atoms with E-state index in [-0.39, 0.29) is 11.7 Å². The highest BCUT2D eigenvalue weighted by Gasteiger charge is 2.41. The number of alkyl halides is 4. The van der Waals surface area contributed by atoms with Crippen molar-refractivity contribution in [2.75, 3.05) is 6.61 Å². The van der Waals surface area contributed by atoms with Gasteiger partial charge in [0.2, 0.25) is 5.89 Å². The van der Waals surface area contributed by atoms with Gasteiger partial charge >= 0.3 is 12.3 Å². The summed E-state index contributed by atoms with van der Waals surface area (Å²) in [4.78, 5) is 3.84. The van der Waals surface area contributed by atoms with Crippen LogP contribution in [0.5, 0.6) is 0 Å². The summed E-state index contributed by atoms with van der Waals surface area (Å²) < 4.78 is 58.0. The highest BCUT2D eigenvalue weighted by Crippen LogP contribution is 2.23. The smallest absolute Gasteiger partial charge is 0.330 e. The Balaban J connectivity index is 2.43. The number of rotatable bonds is 7. The van der Waals surface area contributed by atoms with Gasteiger partial charge < -0.3 is 15.0 Å². The Kier molecular flexibility index (Phi) is 4.86. The van der Waals surface area contributed by atoms with Crippen molar-refractivity contribution in [1.29, 1.82) is 0 Å². The van der Waals surface area contributed by atoms with E-state index in [1.54, 1.807) is 13.8 Å². The lowest BCUT2D eigenvalue weighted by molar-refractivity contribution is -0.168. The molecular weight excluding hydrogens is 270 g/mol. The van der Waals surface area contributed by atoms with E-state index in [1.807, 2.05) is 0 Å². The van der Waals surface area contributed by atoms with Crippen LogP contribution in [0.25, 0.3) is 0 Å². The summed E-state index contributed by atoms with van der Waals surface area (Å²) in [5.74, 6) is -3.96. The van der Waals surface area contributed by atoms with E-state index in [9.17, 15) is 17.6 Å². The average Bonchev–Trinajstić information content (AvgIpc) is 2.62. The van der Waals surface area contributed by atoms with Crippen molar-refractivity contribution in [1.82, 2.24) is 10.1 Å². The first-order valence-corrected chi connectivity index (χ1v) is 5.44. The molecule has 0 radical (unpaired) electrons. The van der Waals surface area contributed by atoms with Crippen molar-refractivity contribution in [2.24, 2.45) is 5.73 Å². The fourth-order valence-corrected chi connectivity index (χ4v) is 1.15. The van der Waals surface area contributed by atoms with Gasteiger partial charge in [-0.05, 0) is 13.8 Å². The summed E-state index contributed by atoms with van der Waals surface area (Å²) in [6.45, 7) is 1.65. The summed E-state index contributed by atoms with van der Waals surface area (Å²) >= 11 is 0. The van der Waals surface area contributed by atoms with Crippen LogP contribution in [0, 0.1) is 0 Å². The first-order valence-electron chi connectivity index (χ1n) is 5.44. The van der Waals surface area contributed by atoms with Gasteiger partial charge in [-0.25, -0.2) is 8.78 Å². The second-order valence-electron chi connectivity index (χ2n) is 4.82.